The summed E-state index contributed by atoms with van der Waals surface area (Å²) < 4.78 is 0. The van der Waals surface area contributed by atoms with Crippen LogP contribution >= 0.6 is 11.3 Å². The van der Waals surface area contributed by atoms with Crippen LogP contribution in [0.15, 0.2) is 29.8 Å². The molecule has 1 aromatic carbocycles. The molecular formula is C18H23N3O2S. The van der Waals surface area contributed by atoms with Crippen LogP contribution in [-0.2, 0) is 4.79 Å². The molecule has 1 saturated heterocycles. The van der Waals surface area contributed by atoms with E-state index in [1.54, 1.807) is 11.3 Å². The minimum atomic E-state index is -0.414. The van der Waals surface area contributed by atoms with E-state index in [1.165, 1.54) is 4.88 Å². The molecule has 0 radical (unpaired) electrons. The molecule has 2 heterocycles. The van der Waals surface area contributed by atoms with Gasteiger partial charge in [-0.3, -0.25) is 9.69 Å². The Kier molecular flexibility index (Phi) is 4.99. The number of rotatable bonds is 4. The summed E-state index contributed by atoms with van der Waals surface area (Å²) >= 11 is 1.63. The van der Waals surface area contributed by atoms with Crippen LogP contribution in [0.5, 0.6) is 0 Å². The van der Waals surface area contributed by atoms with E-state index in [0.717, 1.165) is 16.8 Å². The number of aliphatic hydroxyl groups excluding tert-OH is 1. The summed E-state index contributed by atoms with van der Waals surface area (Å²) in [7, 11) is 1.87. The summed E-state index contributed by atoms with van der Waals surface area (Å²) in [6, 6.07) is 7.93. The lowest BCUT2D eigenvalue weighted by Gasteiger charge is -2.21. The lowest BCUT2D eigenvalue weighted by atomic mass is 10.0. The molecule has 1 amide bonds. The van der Waals surface area contributed by atoms with Gasteiger partial charge in [0.15, 0.2) is 0 Å². The number of aliphatic hydroxyl groups is 1. The monoisotopic (exact) mass is 345 g/mol. The number of carbonyl (C=O) groups excluding carboxylic acids is 1. The minimum Gasteiger partial charge on any atom is -0.392 e. The Labute approximate surface area is 146 Å². The first-order valence-corrected chi connectivity index (χ1v) is 9.02. The van der Waals surface area contributed by atoms with Gasteiger partial charge in [-0.25, -0.2) is 4.98 Å². The summed E-state index contributed by atoms with van der Waals surface area (Å²) in [5.74, 6) is -0.0241. The fourth-order valence-electron chi connectivity index (χ4n) is 3.17. The second kappa shape index (κ2) is 7.01. The molecule has 0 aliphatic carbocycles. The Bertz CT molecular complexity index is 713. The molecule has 6 heteroatoms. The van der Waals surface area contributed by atoms with Gasteiger partial charge in [0.05, 0.1) is 34.3 Å². The van der Waals surface area contributed by atoms with Gasteiger partial charge in [-0.1, -0.05) is 24.3 Å². The van der Waals surface area contributed by atoms with Crippen LogP contribution in [0.2, 0.25) is 0 Å². The first-order chi connectivity index (χ1) is 11.5. The van der Waals surface area contributed by atoms with Crippen molar-refractivity contribution in [3.63, 3.8) is 0 Å². The van der Waals surface area contributed by atoms with Crippen molar-refractivity contribution in [2.75, 3.05) is 13.6 Å². The van der Waals surface area contributed by atoms with Gasteiger partial charge in [0, 0.05) is 6.54 Å². The number of aryl methyl sites for hydroxylation is 1. The molecule has 1 fully saturated rings. The number of likely N-dealkylation sites (tertiary alicyclic amines) is 1. The Morgan fingerprint density at radius 1 is 1.42 bits per heavy atom. The quantitative estimate of drug-likeness (QED) is 0.893. The van der Waals surface area contributed by atoms with E-state index in [2.05, 4.69) is 22.4 Å². The number of likely N-dealkylation sites (N-methyl/N-ethyl adjacent to an activating group) is 1. The molecule has 3 rings (SSSR count). The van der Waals surface area contributed by atoms with E-state index in [9.17, 15) is 9.90 Å². The SMILES string of the molecule is Cc1ncsc1-c1ccc(C(C)NC(=O)C2CC(O)CN2C)cc1. The summed E-state index contributed by atoms with van der Waals surface area (Å²) in [6.07, 6.45) is 0.0848. The van der Waals surface area contributed by atoms with E-state index in [4.69, 9.17) is 0 Å². The van der Waals surface area contributed by atoms with Crippen molar-refractivity contribution in [1.29, 1.82) is 0 Å². The Balaban J connectivity index is 1.66. The van der Waals surface area contributed by atoms with Gasteiger partial charge in [0.25, 0.3) is 0 Å². The van der Waals surface area contributed by atoms with Gasteiger partial charge in [-0.05, 0) is 38.4 Å². The standard InChI is InChI=1S/C18H23N3O2S/c1-11(20-18(23)16-8-15(22)9-21(16)3)13-4-6-14(7-5-13)17-12(2)19-10-24-17/h4-7,10-11,15-16,22H,8-9H2,1-3H3,(H,20,23). The van der Waals surface area contributed by atoms with Crippen molar-refractivity contribution in [3.8, 4) is 10.4 Å². The van der Waals surface area contributed by atoms with E-state index in [1.807, 2.05) is 43.4 Å². The van der Waals surface area contributed by atoms with Crippen molar-refractivity contribution < 1.29 is 9.90 Å². The zero-order valence-electron chi connectivity index (χ0n) is 14.2. The van der Waals surface area contributed by atoms with Crippen LogP contribution in [0.25, 0.3) is 10.4 Å². The van der Waals surface area contributed by atoms with E-state index in [0.29, 0.717) is 13.0 Å². The molecule has 3 atom stereocenters. The van der Waals surface area contributed by atoms with Crippen LogP contribution in [0, 0.1) is 6.92 Å². The minimum absolute atomic E-state index is 0.0241. The molecule has 0 bridgehead atoms. The largest absolute Gasteiger partial charge is 0.392 e. The van der Waals surface area contributed by atoms with Crippen LogP contribution in [0.1, 0.15) is 30.6 Å². The molecule has 128 valence electrons. The predicted molar refractivity (Wildman–Crippen MR) is 95.9 cm³/mol. The highest BCUT2D eigenvalue weighted by molar-refractivity contribution is 7.13. The van der Waals surface area contributed by atoms with Gasteiger partial charge in [-0.15, -0.1) is 11.3 Å². The van der Waals surface area contributed by atoms with E-state index in [-0.39, 0.29) is 18.0 Å². The van der Waals surface area contributed by atoms with Gasteiger partial charge < -0.3 is 10.4 Å². The number of nitrogens with one attached hydrogen (secondary N) is 1. The van der Waals surface area contributed by atoms with Crippen molar-refractivity contribution in [2.45, 2.75) is 38.5 Å². The molecule has 5 nitrogen and oxygen atoms in total. The van der Waals surface area contributed by atoms with Crippen LogP contribution in [0.4, 0.5) is 0 Å². The average Bonchev–Trinajstić information content (AvgIpc) is 3.12. The highest BCUT2D eigenvalue weighted by atomic mass is 32.1. The van der Waals surface area contributed by atoms with Gasteiger partial charge >= 0.3 is 0 Å². The third-order valence-corrected chi connectivity index (χ3v) is 5.58. The lowest BCUT2D eigenvalue weighted by Crippen LogP contribution is -2.42. The summed E-state index contributed by atoms with van der Waals surface area (Å²) in [4.78, 5) is 19.8. The topological polar surface area (TPSA) is 65.5 Å². The summed E-state index contributed by atoms with van der Waals surface area (Å²) in [5.41, 5.74) is 5.11. The molecule has 1 aliphatic rings. The third-order valence-electron chi connectivity index (χ3n) is 4.61. The Morgan fingerprint density at radius 2 is 2.12 bits per heavy atom. The van der Waals surface area contributed by atoms with Crippen molar-refractivity contribution in [2.24, 2.45) is 0 Å². The number of aromatic nitrogens is 1. The van der Waals surface area contributed by atoms with Crippen molar-refractivity contribution >= 4 is 17.2 Å². The lowest BCUT2D eigenvalue weighted by molar-refractivity contribution is -0.125. The van der Waals surface area contributed by atoms with Gasteiger partial charge in [0.2, 0.25) is 5.91 Å². The maximum Gasteiger partial charge on any atom is 0.237 e. The van der Waals surface area contributed by atoms with Crippen molar-refractivity contribution in [3.05, 3.63) is 41.0 Å². The number of benzene rings is 1. The second-order valence-electron chi connectivity index (χ2n) is 6.46. The summed E-state index contributed by atoms with van der Waals surface area (Å²) in [5, 5.41) is 12.7. The number of β-amino-alcohol motifs (C(OH)–C–C–N with tert-alkyl or cyclic N) is 1. The van der Waals surface area contributed by atoms with Gasteiger partial charge in [0.1, 0.15) is 0 Å². The highest BCUT2D eigenvalue weighted by Gasteiger charge is 2.33. The van der Waals surface area contributed by atoms with E-state index < -0.39 is 6.10 Å². The van der Waals surface area contributed by atoms with Crippen molar-refractivity contribution in [1.82, 2.24) is 15.2 Å². The first-order valence-electron chi connectivity index (χ1n) is 8.15. The smallest absolute Gasteiger partial charge is 0.237 e. The van der Waals surface area contributed by atoms with E-state index >= 15 is 0 Å². The molecule has 2 N–H and O–H groups in total. The fraction of sp³-hybridized carbons (Fsp3) is 0.444. The van der Waals surface area contributed by atoms with Crippen LogP contribution in [-0.4, -0.2) is 46.6 Å². The zero-order chi connectivity index (χ0) is 17.3. The molecule has 2 aromatic rings. The normalized spacial score (nSPS) is 22.5. The maximum absolute atomic E-state index is 12.4. The van der Waals surface area contributed by atoms with Gasteiger partial charge in [-0.2, -0.15) is 0 Å². The van der Waals surface area contributed by atoms with Crippen LogP contribution < -0.4 is 5.32 Å². The highest BCUT2D eigenvalue weighted by Crippen LogP contribution is 2.28. The number of carbonyl (C=O) groups is 1. The summed E-state index contributed by atoms with van der Waals surface area (Å²) in [6.45, 7) is 4.54. The van der Waals surface area contributed by atoms with Crippen LogP contribution in [0.3, 0.4) is 0 Å². The molecule has 3 unspecified atom stereocenters. The molecule has 1 aromatic heterocycles. The molecule has 1 aliphatic heterocycles. The molecule has 0 saturated carbocycles. The zero-order valence-corrected chi connectivity index (χ0v) is 15.0. The number of nitrogens with zero attached hydrogens (tertiary/aromatic N) is 2. The predicted octanol–water partition coefficient (Wildman–Crippen LogP) is 2.36. The Hall–Kier alpha value is -1.76. The Morgan fingerprint density at radius 3 is 2.67 bits per heavy atom. The second-order valence-corrected chi connectivity index (χ2v) is 7.32. The number of hydrogen-bond donors (Lipinski definition) is 2. The average molecular weight is 345 g/mol. The number of thiazole rings is 1. The third kappa shape index (κ3) is 3.50. The molecule has 0 spiro atoms. The number of amides is 1. The fourth-order valence-corrected chi connectivity index (χ4v) is 3.99. The first kappa shape index (κ1) is 17.1. The molecular weight excluding hydrogens is 322 g/mol. The maximum atomic E-state index is 12.4. The molecule has 24 heavy (non-hydrogen) atoms. The number of hydrogen-bond acceptors (Lipinski definition) is 5.